The molecule has 0 bridgehead atoms. The molecular formula is C10H14N4. The first-order valence-electron chi connectivity index (χ1n) is 4.70. The number of rotatable bonds is 1. The Labute approximate surface area is 83.5 Å². The lowest BCUT2D eigenvalue weighted by atomic mass is 10.0. The number of hydrogen-bond donors (Lipinski definition) is 0. The second-order valence-corrected chi connectivity index (χ2v) is 4.77. The highest BCUT2D eigenvalue weighted by atomic mass is 15.2. The van der Waals surface area contributed by atoms with Crippen molar-refractivity contribution in [1.82, 2.24) is 0 Å². The minimum atomic E-state index is -0.196. The molecule has 0 aromatic carbocycles. The molecule has 2 heterocycles. The predicted octanol–water partition coefficient (Wildman–Crippen LogP) is 3.24. The standard InChI is InChI=1S/C10H14N4/c1-9(2)5-7(11-13-9)8-6-10(3,4)14-12-8/h5-6H,1-4H3. The van der Waals surface area contributed by atoms with Gasteiger partial charge in [-0.3, -0.25) is 0 Å². The molecule has 14 heavy (non-hydrogen) atoms. The van der Waals surface area contributed by atoms with Crippen LogP contribution in [0.4, 0.5) is 0 Å². The molecule has 0 amide bonds. The van der Waals surface area contributed by atoms with Crippen molar-refractivity contribution < 1.29 is 0 Å². The number of hydrogen-bond acceptors (Lipinski definition) is 4. The van der Waals surface area contributed by atoms with E-state index in [0.29, 0.717) is 0 Å². The van der Waals surface area contributed by atoms with Crippen LogP contribution in [0, 0.1) is 0 Å². The van der Waals surface area contributed by atoms with Gasteiger partial charge in [-0.15, -0.1) is 0 Å². The summed E-state index contributed by atoms with van der Waals surface area (Å²) in [4.78, 5) is 0. The average Bonchev–Trinajstić information content (AvgIpc) is 2.54. The maximum absolute atomic E-state index is 4.13. The second-order valence-electron chi connectivity index (χ2n) is 4.77. The summed E-state index contributed by atoms with van der Waals surface area (Å²) >= 11 is 0. The van der Waals surface area contributed by atoms with Crippen LogP contribution >= 0.6 is 0 Å². The largest absolute Gasteiger partial charge is 0.178 e. The van der Waals surface area contributed by atoms with Gasteiger partial charge in [0.1, 0.15) is 11.4 Å². The summed E-state index contributed by atoms with van der Waals surface area (Å²) in [6.45, 7) is 8.06. The van der Waals surface area contributed by atoms with Gasteiger partial charge in [-0.2, -0.15) is 20.5 Å². The lowest BCUT2D eigenvalue weighted by Crippen LogP contribution is -2.09. The normalized spacial score (nSPS) is 26.6. The van der Waals surface area contributed by atoms with E-state index < -0.39 is 0 Å². The molecule has 0 atom stereocenters. The molecule has 0 aromatic heterocycles. The van der Waals surface area contributed by atoms with E-state index in [-0.39, 0.29) is 11.1 Å². The van der Waals surface area contributed by atoms with Crippen molar-refractivity contribution in [1.29, 1.82) is 0 Å². The van der Waals surface area contributed by atoms with E-state index >= 15 is 0 Å². The van der Waals surface area contributed by atoms with Crippen molar-refractivity contribution in [3.05, 3.63) is 23.5 Å². The molecule has 2 aliphatic rings. The van der Waals surface area contributed by atoms with E-state index in [9.17, 15) is 0 Å². The molecular weight excluding hydrogens is 176 g/mol. The molecule has 0 fully saturated rings. The first-order valence-corrected chi connectivity index (χ1v) is 4.70. The minimum absolute atomic E-state index is 0.196. The maximum Gasteiger partial charge on any atom is 0.111 e. The number of nitrogens with zero attached hydrogens (tertiary/aromatic N) is 4. The molecule has 0 saturated carbocycles. The van der Waals surface area contributed by atoms with Crippen LogP contribution in [0.2, 0.25) is 0 Å². The van der Waals surface area contributed by atoms with E-state index in [1.54, 1.807) is 0 Å². The van der Waals surface area contributed by atoms with E-state index in [1.165, 1.54) is 0 Å². The first-order chi connectivity index (χ1) is 6.38. The Kier molecular flexibility index (Phi) is 1.71. The van der Waals surface area contributed by atoms with E-state index in [1.807, 2.05) is 39.8 Å². The fraction of sp³-hybridized carbons (Fsp3) is 0.600. The van der Waals surface area contributed by atoms with Crippen molar-refractivity contribution in [3.8, 4) is 0 Å². The second kappa shape index (κ2) is 2.59. The third-order valence-corrected chi connectivity index (χ3v) is 2.07. The van der Waals surface area contributed by atoms with Gasteiger partial charge in [0.05, 0.1) is 11.1 Å². The zero-order chi connectivity index (χ0) is 10.4. The predicted molar refractivity (Wildman–Crippen MR) is 54.0 cm³/mol. The highest BCUT2D eigenvalue weighted by molar-refractivity contribution is 5.37. The Morgan fingerprint density at radius 2 is 1.14 bits per heavy atom. The lowest BCUT2D eigenvalue weighted by Gasteiger charge is -2.05. The highest BCUT2D eigenvalue weighted by Gasteiger charge is 2.27. The maximum atomic E-state index is 4.13. The Hall–Kier alpha value is -1.32. The molecule has 0 radical (unpaired) electrons. The van der Waals surface area contributed by atoms with E-state index in [0.717, 1.165) is 11.4 Å². The summed E-state index contributed by atoms with van der Waals surface area (Å²) in [5.74, 6) is 0. The quantitative estimate of drug-likeness (QED) is 0.609. The van der Waals surface area contributed by atoms with Crippen LogP contribution in [0.5, 0.6) is 0 Å². The van der Waals surface area contributed by atoms with Crippen molar-refractivity contribution in [2.45, 2.75) is 38.8 Å². The van der Waals surface area contributed by atoms with Crippen LogP contribution < -0.4 is 0 Å². The van der Waals surface area contributed by atoms with Gasteiger partial charge < -0.3 is 0 Å². The SMILES string of the molecule is CC1(C)C=C(C2=CC(C)(C)N=N2)N=N1. The topological polar surface area (TPSA) is 49.4 Å². The van der Waals surface area contributed by atoms with Crippen LogP contribution in [0.15, 0.2) is 44.0 Å². The molecule has 0 aliphatic carbocycles. The summed E-state index contributed by atoms with van der Waals surface area (Å²) in [6.07, 6.45) is 4.03. The summed E-state index contributed by atoms with van der Waals surface area (Å²) < 4.78 is 0. The highest BCUT2D eigenvalue weighted by Crippen LogP contribution is 2.33. The van der Waals surface area contributed by atoms with Gasteiger partial charge in [-0.25, -0.2) is 0 Å². The lowest BCUT2D eigenvalue weighted by molar-refractivity contribution is 0.644. The molecule has 4 heteroatoms. The van der Waals surface area contributed by atoms with Gasteiger partial charge >= 0.3 is 0 Å². The summed E-state index contributed by atoms with van der Waals surface area (Å²) in [5, 5.41) is 16.5. The number of azo groups is 2. The summed E-state index contributed by atoms with van der Waals surface area (Å²) in [6, 6.07) is 0. The Bertz CT molecular complexity index is 345. The van der Waals surface area contributed by atoms with Gasteiger partial charge in [0.2, 0.25) is 0 Å². The van der Waals surface area contributed by atoms with Crippen molar-refractivity contribution in [2.75, 3.05) is 0 Å². The molecule has 0 unspecified atom stereocenters. The molecule has 2 rings (SSSR count). The molecule has 2 aliphatic heterocycles. The van der Waals surface area contributed by atoms with Crippen molar-refractivity contribution in [3.63, 3.8) is 0 Å². The van der Waals surface area contributed by atoms with Gasteiger partial charge in [0, 0.05) is 0 Å². The van der Waals surface area contributed by atoms with Crippen LogP contribution in [0.1, 0.15) is 27.7 Å². The molecule has 0 saturated heterocycles. The first kappa shape index (κ1) is 9.24. The fourth-order valence-corrected chi connectivity index (χ4v) is 1.40. The van der Waals surface area contributed by atoms with Crippen molar-refractivity contribution in [2.24, 2.45) is 20.5 Å². The van der Waals surface area contributed by atoms with Gasteiger partial charge in [0.15, 0.2) is 0 Å². The minimum Gasteiger partial charge on any atom is -0.178 e. The average molecular weight is 190 g/mol. The van der Waals surface area contributed by atoms with Crippen LogP contribution in [-0.2, 0) is 0 Å². The van der Waals surface area contributed by atoms with E-state index in [4.69, 9.17) is 0 Å². The van der Waals surface area contributed by atoms with Crippen LogP contribution in [0.3, 0.4) is 0 Å². The third kappa shape index (κ3) is 1.64. The molecule has 0 spiro atoms. The van der Waals surface area contributed by atoms with E-state index in [2.05, 4.69) is 20.5 Å². The van der Waals surface area contributed by atoms with Gasteiger partial charge in [-0.1, -0.05) is 0 Å². The van der Waals surface area contributed by atoms with Gasteiger partial charge in [-0.05, 0) is 39.8 Å². The fourth-order valence-electron chi connectivity index (χ4n) is 1.40. The Morgan fingerprint density at radius 3 is 1.36 bits per heavy atom. The van der Waals surface area contributed by atoms with Gasteiger partial charge in [0.25, 0.3) is 0 Å². The zero-order valence-electron chi connectivity index (χ0n) is 8.94. The van der Waals surface area contributed by atoms with Crippen LogP contribution in [0.25, 0.3) is 0 Å². The van der Waals surface area contributed by atoms with Crippen molar-refractivity contribution >= 4 is 0 Å². The molecule has 4 nitrogen and oxygen atoms in total. The third-order valence-electron chi connectivity index (χ3n) is 2.07. The summed E-state index contributed by atoms with van der Waals surface area (Å²) in [7, 11) is 0. The summed E-state index contributed by atoms with van der Waals surface area (Å²) in [5.41, 5.74) is 1.28. The Morgan fingerprint density at radius 1 is 0.786 bits per heavy atom. The molecule has 0 aromatic rings. The smallest absolute Gasteiger partial charge is 0.111 e. The van der Waals surface area contributed by atoms with Crippen LogP contribution in [-0.4, -0.2) is 11.1 Å². The molecule has 0 N–H and O–H groups in total. The monoisotopic (exact) mass is 190 g/mol. The zero-order valence-corrected chi connectivity index (χ0v) is 8.94. The Balaban J connectivity index is 2.30. The molecule has 74 valence electrons.